The zero-order valence-corrected chi connectivity index (χ0v) is 15.9. The first-order chi connectivity index (χ1) is 11.9. The fraction of sp³-hybridized carbons (Fsp3) is 0.611. The van der Waals surface area contributed by atoms with Gasteiger partial charge in [0.05, 0.1) is 36.7 Å². The molecule has 0 aliphatic carbocycles. The fourth-order valence-electron chi connectivity index (χ4n) is 3.03. The van der Waals surface area contributed by atoms with E-state index in [4.69, 9.17) is 4.74 Å². The van der Waals surface area contributed by atoms with Crippen LogP contribution in [0.3, 0.4) is 0 Å². The average Bonchev–Trinajstić information content (AvgIpc) is 2.60. The fourth-order valence-corrected chi connectivity index (χ4v) is 4.11. The molecule has 1 heterocycles. The summed E-state index contributed by atoms with van der Waals surface area (Å²) in [6, 6.07) is 5.83. The third kappa shape index (κ3) is 6.09. The van der Waals surface area contributed by atoms with E-state index < -0.39 is 16.0 Å². The number of hydrogen-bond acceptors (Lipinski definition) is 4. The molecule has 1 saturated heterocycles. The number of piperidine rings is 1. The van der Waals surface area contributed by atoms with Crippen LogP contribution in [-0.2, 0) is 14.8 Å². The van der Waals surface area contributed by atoms with E-state index >= 15 is 0 Å². The molecule has 0 spiro atoms. The van der Waals surface area contributed by atoms with E-state index in [0.717, 1.165) is 18.9 Å². The van der Waals surface area contributed by atoms with Gasteiger partial charge in [-0.1, -0.05) is 6.92 Å². The van der Waals surface area contributed by atoms with Crippen LogP contribution < -0.4 is 9.62 Å². The van der Waals surface area contributed by atoms with Gasteiger partial charge in [0.15, 0.2) is 0 Å². The van der Waals surface area contributed by atoms with Gasteiger partial charge in [0, 0.05) is 13.0 Å². The van der Waals surface area contributed by atoms with Crippen LogP contribution in [0.15, 0.2) is 29.2 Å². The SMILES string of the molecule is CCOC(=O)c1ccc(S(=O)(=O)NCCC[NH+]2CCC(C)CC2)cc1. The molecule has 0 saturated carbocycles. The molecule has 2 N–H and O–H groups in total. The molecule has 1 aromatic carbocycles. The van der Waals surface area contributed by atoms with Crippen molar-refractivity contribution in [1.29, 1.82) is 0 Å². The summed E-state index contributed by atoms with van der Waals surface area (Å²) < 4.78 is 32.1. The summed E-state index contributed by atoms with van der Waals surface area (Å²) in [5.41, 5.74) is 0.351. The van der Waals surface area contributed by atoms with Crippen molar-refractivity contribution in [2.75, 3.05) is 32.8 Å². The zero-order chi connectivity index (χ0) is 18.3. The van der Waals surface area contributed by atoms with Gasteiger partial charge in [-0.2, -0.15) is 0 Å². The lowest BCUT2D eigenvalue weighted by Gasteiger charge is -2.27. The third-order valence-corrected chi connectivity index (χ3v) is 6.13. The summed E-state index contributed by atoms with van der Waals surface area (Å²) in [6.07, 6.45) is 3.34. The molecule has 6 nitrogen and oxygen atoms in total. The van der Waals surface area contributed by atoms with Gasteiger partial charge in [-0.3, -0.25) is 0 Å². The minimum Gasteiger partial charge on any atom is -0.462 e. The van der Waals surface area contributed by atoms with Gasteiger partial charge in [0.25, 0.3) is 0 Å². The molecular weight excluding hydrogens is 340 g/mol. The Morgan fingerprint density at radius 3 is 2.48 bits per heavy atom. The van der Waals surface area contributed by atoms with E-state index in [9.17, 15) is 13.2 Å². The molecule has 1 aliphatic rings. The Morgan fingerprint density at radius 1 is 1.24 bits per heavy atom. The normalized spacial score (nSPS) is 21.0. The van der Waals surface area contributed by atoms with E-state index in [1.165, 1.54) is 50.2 Å². The van der Waals surface area contributed by atoms with Gasteiger partial charge in [-0.05, 0) is 49.9 Å². The molecular formula is C18H29N2O4S+. The van der Waals surface area contributed by atoms with Gasteiger partial charge >= 0.3 is 5.97 Å². The lowest BCUT2D eigenvalue weighted by atomic mass is 9.99. The topological polar surface area (TPSA) is 76.9 Å². The van der Waals surface area contributed by atoms with Crippen molar-refractivity contribution in [1.82, 2.24) is 4.72 Å². The largest absolute Gasteiger partial charge is 0.462 e. The number of likely N-dealkylation sites (tertiary alicyclic amines) is 1. The van der Waals surface area contributed by atoms with Crippen LogP contribution in [0, 0.1) is 5.92 Å². The first kappa shape index (κ1) is 19.9. The molecule has 140 valence electrons. The predicted molar refractivity (Wildman–Crippen MR) is 96.2 cm³/mol. The lowest BCUT2D eigenvalue weighted by Crippen LogP contribution is -3.13. The predicted octanol–water partition coefficient (Wildman–Crippen LogP) is 0.847. The highest BCUT2D eigenvalue weighted by Crippen LogP contribution is 2.11. The van der Waals surface area contributed by atoms with Gasteiger partial charge in [-0.15, -0.1) is 0 Å². The molecule has 0 bridgehead atoms. The van der Waals surface area contributed by atoms with Crippen molar-refractivity contribution in [3.63, 3.8) is 0 Å². The maximum Gasteiger partial charge on any atom is 0.338 e. The number of quaternary nitrogens is 1. The van der Waals surface area contributed by atoms with E-state index in [2.05, 4.69) is 11.6 Å². The van der Waals surface area contributed by atoms with Crippen LogP contribution in [-0.4, -0.2) is 47.2 Å². The Hall–Kier alpha value is -1.44. The Morgan fingerprint density at radius 2 is 1.88 bits per heavy atom. The number of esters is 1. The van der Waals surface area contributed by atoms with Crippen LogP contribution in [0.2, 0.25) is 0 Å². The number of benzene rings is 1. The zero-order valence-electron chi connectivity index (χ0n) is 15.1. The maximum atomic E-state index is 12.3. The van der Waals surface area contributed by atoms with E-state index in [1.54, 1.807) is 11.8 Å². The Kier molecular flexibility index (Phi) is 7.40. The second-order valence-electron chi connectivity index (χ2n) is 6.68. The second-order valence-corrected chi connectivity index (χ2v) is 8.45. The van der Waals surface area contributed by atoms with Crippen molar-refractivity contribution in [2.45, 2.75) is 38.0 Å². The molecule has 1 aromatic rings. The molecule has 1 aliphatic heterocycles. The smallest absolute Gasteiger partial charge is 0.338 e. The Balaban J connectivity index is 1.79. The molecule has 7 heteroatoms. The molecule has 0 atom stereocenters. The van der Waals surface area contributed by atoms with Crippen molar-refractivity contribution in [3.8, 4) is 0 Å². The summed E-state index contributed by atoms with van der Waals surface area (Å²) in [7, 11) is -3.54. The van der Waals surface area contributed by atoms with Crippen LogP contribution >= 0.6 is 0 Å². The summed E-state index contributed by atoms with van der Waals surface area (Å²) in [5.74, 6) is 0.373. The minimum atomic E-state index is -3.54. The van der Waals surface area contributed by atoms with Crippen LogP contribution in [0.25, 0.3) is 0 Å². The van der Waals surface area contributed by atoms with E-state index in [-0.39, 0.29) is 4.90 Å². The number of sulfonamides is 1. The molecule has 0 aromatic heterocycles. The Bertz CT molecular complexity index is 650. The van der Waals surface area contributed by atoms with Crippen LogP contribution in [0.4, 0.5) is 0 Å². The first-order valence-electron chi connectivity index (χ1n) is 9.03. The van der Waals surface area contributed by atoms with Crippen molar-refractivity contribution >= 4 is 16.0 Å². The van der Waals surface area contributed by atoms with Crippen LogP contribution in [0.5, 0.6) is 0 Å². The molecule has 2 rings (SSSR count). The number of carbonyl (C=O) groups is 1. The summed E-state index contributed by atoms with van der Waals surface area (Å²) >= 11 is 0. The van der Waals surface area contributed by atoms with Gasteiger partial charge < -0.3 is 9.64 Å². The first-order valence-corrected chi connectivity index (χ1v) is 10.5. The molecule has 0 amide bonds. The molecule has 25 heavy (non-hydrogen) atoms. The molecule has 0 radical (unpaired) electrons. The van der Waals surface area contributed by atoms with Gasteiger partial charge in [-0.25, -0.2) is 17.9 Å². The number of rotatable bonds is 8. The standard InChI is InChI=1S/C18H28N2O4S/c1-3-24-18(21)16-5-7-17(8-6-16)25(22,23)19-11-4-12-20-13-9-15(2)10-14-20/h5-8,15,19H,3-4,9-14H2,1-2H3/p+1. The maximum absolute atomic E-state index is 12.3. The monoisotopic (exact) mass is 369 g/mol. The highest BCUT2D eigenvalue weighted by atomic mass is 32.2. The summed E-state index contributed by atoms with van der Waals surface area (Å²) in [6.45, 7) is 8.11. The summed E-state index contributed by atoms with van der Waals surface area (Å²) in [4.78, 5) is 13.3. The minimum absolute atomic E-state index is 0.166. The van der Waals surface area contributed by atoms with Gasteiger partial charge in [0.2, 0.25) is 10.0 Å². The average molecular weight is 370 g/mol. The van der Waals surface area contributed by atoms with E-state index in [0.29, 0.717) is 18.7 Å². The molecule has 1 fully saturated rings. The highest BCUT2D eigenvalue weighted by Gasteiger charge is 2.19. The quantitative estimate of drug-likeness (QED) is 0.526. The molecule has 0 unspecified atom stereocenters. The van der Waals surface area contributed by atoms with Crippen molar-refractivity contribution in [2.24, 2.45) is 5.92 Å². The van der Waals surface area contributed by atoms with Crippen molar-refractivity contribution < 1.29 is 22.8 Å². The Labute approximate surface area is 150 Å². The second kappa shape index (κ2) is 9.31. The van der Waals surface area contributed by atoms with Crippen molar-refractivity contribution in [3.05, 3.63) is 29.8 Å². The van der Waals surface area contributed by atoms with E-state index in [1.807, 2.05) is 0 Å². The third-order valence-electron chi connectivity index (χ3n) is 4.66. The lowest BCUT2D eigenvalue weighted by molar-refractivity contribution is -0.906. The van der Waals surface area contributed by atoms with Crippen LogP contribution in [0.1, 0.15) is 43.5 Å². The number of carbonyl (C=O) groups excluding carboxylic acids is 1. The number of nitrogens with one attached hydrogen (secondary N) is 2. The number of ether oxygens (including phenoxy) is 1. The van der Waals surface area contributed by atoms with Gasteiger partial charge in [0.1, 0.15) is 0 Å². The number of hydrogen-bond donors (Lipinski definition) is 2. The summed E-state index contributed by atoms with van der Waals surface area (Å²) in [5, 5.41) is 0. The highest BCUT2D eigenvalue weighted by molar-refractivity contribution is 7.89.